The van der Waals surface area contributed by atoms with Gasteiger partial charge in [-0.2, -0.15) is 0 Å². The average Bonchev–Trinajstić information content (AvgIpc) is 2.96. The predicted molar refractivity (Wildman–Crippen MR) is 98.8 cm³/mol. The molecule has 1 N–H and O–H groups in total. The first-order chi connectivity index (χ1) is 11.7. The van der Waals surface area contributed by atoms with Crippen molar-refractivity contribution in [2.75, 3.05) is 13.1 Å². The number of hydrogen-bond donors (Lipinski definition) is 1. The molecule has 0 bridgehead atoms. The molecule has 0 aliphatic carbocycles. The number of piperidine rings is 1. The van der Waals surface area contributed by atoms with Crippen molar-refractivity contribution < 1.29 is 4.21 Å². The lowest BCUT2D eigenvalue weighted by Gasteiger charge is -2.31. The zero-order valence-electron chi connectivity index (χ0n) is 14.1. The lowest BCUT2D eigenvalue weighted by molar-refractivity contribution is 0.176. The van der Waals surface area contributed by atoms with Gasteiger partial charge < -0.3 is 0 Å². The van der Waals surface area contributed by atoms with E-state index < -0.39 is 11.0 Å². The van der Waals surface area contributed by atoms with E-state index >= 15 is 0 Å². The minimum Gasteiger partial charge on any atom is -0.299 e. The maximum absolute atomic E-state index is 12.3. The van der Waals surface area contributed by atoms with Crippen LogP contribution in [0.15, 0.2) is 47.4 Å². The van der Waals surface area contributed by atoms with E-state index in [1.54, 1.807) is 0 Å². The number of hydrogen-bond acceptors (Lipinski definition) is 2. The average molecular weight is 340 g/mol. The van der Waals surface area contributed by atoms with E-state index in [0.717, 1.165) is 17.4 Å². The van der Waals surface area contributed by atoms with Gasteiger partial charge in [-0.05, 0) is 59.7 Å². The first-order valence-electron chi connectivity index (χ1n) is 8.79. The van der Waals surface area contributed by atoms with Crippen LogP contribution in [0, 0.1) is 5.92 Å². The highest BCUT2D eigenvalue weighted by atomic mass is 32.2. The number of likely N-dealkylation sites (tertiary alicyclic amines) is 1. The Morgan fingerprint density at radius 1 is 1.25 bits per heavy atom. The Hall–Kier alpha value is -1.49. The second-order valence-electron chi connectivity index (χ2n) is 7.06. The monoisotopic (exact) mass is 340 g/mol. The summed E-state index contributed by atoms with van der Waals surface area (Å²) in [4.78, 5) is 3.51. The van der Waals surface area contributed by atoms with Crippen LogP contribution in [-0.2, 0) is 24.1 Å². The molecule has 1 saturated heterocycles. The minimum atomic E-state index is -1.07. The summed E-state index contributed by atoms with van der Waals surface area (Å²) in [5, 5.41) is 0. The van der Waals surface area contributed by atoms with E-state index in [-0.39, 0.29) is 0 Å². The number of nitrogens with one attached hydrogen (secondary N) is 1. The van der Waals surface area contributed by atoms with Crippen LogP contribution in [-0.4, -0.2) is 22.2 Å². The first-order valence-corrected chi connectivity index (χ1v) is 9.94. The van der Waals surface area contributed by atoms with Crippen molar-refractivity contribution in [2.24, 2.45) is 5.92 Å². The zero-order valence-corrected chi connectivity index (χ0v) is 14.9. The van der Waals surface area contributed by atoms with Crippen molar-refractivity contribution in [3.63, 3.8) is 0 Å². The third-order valence-electron chi connectivity index (χ3n) is 5.08. The van der Waals surface area contributed by atoms with Crippen LogP contribution in [0.5, 0.6) is 0 Å². The molecule has 2 atom stereocenters. The number of benzene rings is 2. The molecule has 0 amide bonds. The summed E-state index contributed by atoms with van der Waals surface area (Å²) in [5.74, 6) is 0.776. The van der Waals surface area contributed by atoms with Crippen molar-refractivity contribution in [2.45, 2.75) is 37.8 Å². The zero-order chi connectivity index (χ0) is 16.5. The third-order valence-corrected chi connectivity index (χ3v) is 6.25. The summed E-state index contributed by atoms with van der Waals surface area (Å²) >= 11 is 0. The Balaban J connectivity index is 1.70. The smallest absolute Gasteiger partial charge is 0.125 e. The Bertz CT molecular complexity index is 760. The van der Waals surface area contributed by atoms with Crippen molar-refractivity contribution in [1.29, 1.82) is 0 Å². The fourth-order valence-electron chi connectivity index (χ4n) is 3.92. The third kappa shape index (κ3) is 3.18. The highest BCUT2D eigenvalue weighted by Gasteiger charge is 2.24. The van der Waals surface area contributed by atoms with Gasteiger partial charge in [0.05, 0.1) is 4.90 Å². The standard InChI is InChI=1S/C20H24N2OS/c1-15-6-5-9-22(13-15)14-16-10-18(17-7-3-2-4-8-17)19-12-21-24(23)20(19)11-16/h2-4,7-8,10-11,15,21H,5-6,9,12-14H2,1H3/t15-,24?/m0/s1. The second-order valence-corrected chi connectivity index (χ2v) is 8.32. The molecule has 0 saturated carbocycles. The van der Waals surface area contributed by atoms with Gasteiger partial charge in [-0.3, -0.25) is 4.90 Å². The van der Waals surface area contributed by atoms with Crippen LogP contribution in [0.2, 0.25) is 0 Å². The molecule has 2 heterocycles. The Morgan fingerprint density at radius 2 is 2.08 bits per heavy atom. The summed E-state index contributed by atoms with van der Waals surface area (Å²) in [6.07, 6.45) is 2.62. The van der Waals surface area contributed by atoms with Crippen LogP contribution < -0.4 is 4.72 Å². The molecular weight excluding hydrogens is 316 g/mol. The molecule has 2 aliphatic rings. The van der Waals surface area contributed by atoms with Gasteiger partial charge in [0, 0.05) is 19.6 Å². The summed E-state index contributed by atoms with van der Waals surface area (Å²) in [6.45, 7) is 6.31. The van der Waals surface area contributed by atoms with Crippen LogP contribution in [0.3, 0.4) is 0 Å². The number of nitrogens with zero attached hydrogens (tertiary/aromatic N) is 1. The van der Waals surface area contributed by atoms with Crippen LogP contribution in [0.1, 0.15) is 30.9 Å². The van der Waals surface area contributed by atoms with Gasteiger partial charge >= 0.3 is 0 Å². The summed E-state index contributed by atoms with van der Waals surface area (Å²) in [5.41, 5.74) is 4.91. The molecule has 24 heavy (non-hydrogen) atoms. The van der Waals surface area contributed by atoms with E-state index in [2.05, 4.69) is 52.9 Å². The molecule has 3 nitrogen and oxygen atoms in total. The van der Waals surface area contributed by atoms with Crippen LogP contribution in [0.25, 0.3) is 11.1 Å². The maximum atomic E-state index is 12.3. The highest BCUT2D eigenvalue weighted by Crippen LogP contribution is 2.33. The van der Waals surface area contributed by atoms with Gasteiger partial charge in [0.1, 0.15) is 11.0 Å². The van der Waals surface area contributed by atoms with Gasteiger partial charge in [0.15, 0.2) is 0 Å². The molecule has 2 aliphatic heterocycles. The Kier molecular flexibility index (Phi) is 4.53. The van der Waals surface area contributed by atoms with Gasteiger partial charge in [-0.25, -0.2) is 8.93 Å². The first kappa shape index (κ1) is 16.0. The minimum absolute atomic E-state index is 0.688. The SMILES string of the molecule is C[C@H]1CCCN(Cc2cc(-c3ccccc3)c3c(c2)S(=O)NC3)C1. The van der Waals surface area contributed by atoms with E-state index in [9.17, 15) is 4.21 Å². The fraction of sp³-hybridized carbons (Fsp3) is 0.400. The summed E-state index contributed by atoms with van der Waals surface area (Å²) in [6, 6.07) is 14.9. The number of fused-ring (bicyclic) bond motifs is 1. The molecular formula is C20H24N2OS. The fourth-order valence-corrected chi connectivity index (χ4v) is 5.02. The lowest BCUT2D eigenvalue weighted by atomic mass is 9.96. The largest absolute Gasteiger partial charge is 0.299 e. The molecule has 0 spiro atoms. The topological polar surface area (TPSA) is 32.3 Å². The molecule has 1 fully saturated rings. The van der Waals surface area contributed by atoms with E-state index in [1.165, 1.54) is 48.2 Å². The van der Waals surface area contributed by atoms with Crippen LogP contribution >= 0.6 is 0 Å². The summed E-state index contributed by atoms with van der Waals surface area (Å²) < 4.78 is 15.4. The molecule has 2 aromatic rings. The van der Waals surface area contributed by atoms with Crippen molar-refractivity contribution in [3.05, 3.63) is 53.6 Å². The van der Waals surface area contributed by atoms with Crippen molar-refractivity contribution >= 4 is 11.0 Å². The van der Waals surface area contributed by atoms with Gasteiger partial charge in [-0.1, -0.05) is 37.3 Å². The van der Waals surface area contributed by atoms with Gasteiger partial charge in [0.25, 0.3) is 0 Å². The lowest BCUT2D eigenvalue weighted by Crippen LogP contribution is -2.33. The van der Waals surface area contributed by atoms with E-state index in [1.807, 2.05) is 6.07 Å². The van der Waals surface area contributed by atoms with Gasteiger partial charge in [0.2, 0.25) is 0 Å². The number of rotatable bonds is 3. The van der Waals surface area contributed by atoms with Gasteiger partial charge in [-0.15, -0.1) is 0 Å². The Morgan fingerprint density at radius 3 is 2.88 bits per heavy atom. The molecule has 1 unspecified atom stereocenters. The van der Waals surface area contributed by atoms with E-state index in [0.29, 0.717) is 6.54 Å². The quantitative estimate of drug-likeness (QED) is 0.924. The highest BCUT2D eigenvalue weighted by molar-refractivity contribution is 7.83. The molecule has 126 valence electrons. The molecule has 4 rings (SSSR count). The summed E-state index contributed by atoms with van der Waals surface area (Å²) in [7, 11) is -1.07. The molecule has 4 heteroatoms. The normalized spacial score (nSPS) is 24.0. The Labute approximate surface area is 146 Å². The molecule has 2 aromatic carbocycles. The van der Waals surface area contributed by atoms with E-state index in [4.69, 9.17) is 0 Å². The molecule has 0 aromatic heterocycles. The maximum Gasteiger partial charge on any atom is 0.125 e. The van der Waals surface area contributed by atoms with Crippen molar-refractivity contribution in [1.82, 2.24) is 9.62 Å². The van der Waals surface area contributed by atoms with Crippen molar-refractivity contribution in [3.8, 4) is 11.1 Å². The molecule has 0 radical (unpaired) electrons. The predicted octanol–water partition coefficient (Wildman–Crippen LogP) is 3.71. The van der Waals surface area contributed by atoms with Crippen LogP contribution in [0.4, 0.5) is 0 Å². The second kappa shape index (κ2) is 6.79.